The van der Waals surface area contributed by atoms with Crippen LogP contribution in [0, 0.1) is 5.92 Å². The van der Waals surface area contributed by atoms with Gasteiger partial charge >= 0.3 is 6.03 Å². The molecule has 5 nitrogen and oxygen atoms in total. The smallest absolute Gasteiger partial charge is 0.323 e. The number of carbonyl (C=O) groups excluding carboxylic acids is 1. The normalized spacial score (nSPS) is 18.7. The Kier molecular flexibility index (Phi) is 4.19. The SMILES string of the molecule is CC1CCN(C(=O)Nc2nc(C(C)N)cs2)CC1. The van der Waals surface area contributed by atoms with Gasteiger partial charge in [0.2, 0.25) is 0 Å². The summed E-state index contributed by atoms with van der Waals surface area (Å²) < 4.78 is 0. The molecule has 1 atom stereocenters. The van der Waals surface area contributed by atoms with Gasteiger partial charge in [0.05, 0.1) is 5.69 Å². The fourth-order valence-electron chi connectivity index (χ4n) is 1.93. The van der Waals surface area contributed by atoms with E-state index < -0.39 is 0 Å². The van der Waals surface area contributed by atoms with Crippen LogP contribution in [-0.2, 0) is 0 Å². The van der Waals surface area contributed by atoms with Crippen LogP contribution in [0.4, 0.5) is 9.93 Å². The number of anilines is 1. The van der Waals surface area contributed by atoms with Crippen LogP contribution in [-0.4, -0.2) is 29.0 Å². The number of nitrogens with two attached hydrogens (primary N) is 1. The lowest BCUT2D eigenvalue weighted by Gasteiger charge is -2.29. The maximum atomic E-state index is 12.0. The molecule has 0 aromatic carbocycles. The van der Waals surface area contributed by atoms with Gasteiger partial charge in [-0.2, -0.15) is 0 Å². The monoisotopic (exact) mass is 268 g/mol. The molecule has 0 bridgehead atoms. The third-order valence-electron chi connectivity index (χ3n) is 3.27. The predicted molar refractivity (Wildman–Crippen MR) is 73.7 cm³/mol. The highest BCUT2D eigenvalue weighted by molar-refractivity contribution is 7.13. The van der Waals surface area contributed by atoms with Crippen LogP contribution in [0.3, 0.4) is 0 Å². The molecule has 1 fully saturated rings. The van der Waals surface area contributed by atoms with Crippen LogP contribution >= 0.6 is 11.3 Å². The zero-order valence-electron chi connectivity index (χ0n) is 10.8. The first-order valence-corrected chi connectivity index (χ1v) is 7.21. The van der Waals surface area contributed by atoms with Crippen molar-refractivity contribution in [3.8, 4) is 0 Å². The number of likely N-dealkylation sites (tertiary alicyclic amines) is 1. The minimum atomic E-state index is -0.0947. The number of amides is 2. The number of piperidine rings is 1. The minimum absolute atomic E-state index is 0.0486. The Bertz CT molecular complexity index is 410. The van der Waals surface area contributed by atoms with Gasteiger partial charge in [-0.1, -0.05) is 6.92 Å². The van der Waals surface area contributed by atoms with E-state index >= 15 is 0 Å². The number of rotatable bonds is 2. The van der Waals surface area contributed by atoms with Crippen molar-refractivity contribution in [1.82, 2.24) is 9.88 Å². The van der Waals surface area contributed by atoms with E-state index in [1.54, 1.807) is 0 Å². The number of hydrogen-bond donors (Lipinski definition) is 2. The van der Waals surface area contributed by atoms with Crippen molar-refractivity contribution in [2.75, 3.05) is 18.4 Å². The van der Waals surface area contributed by atoms with E-state index in [1.165, 1.54) is 11.3 Å². The predicted octanol–water partition coefficient (Wildman–Crippen LogP) is 2.43. The van der Waals surface area contributed by atoms with Crippen LogP contribution in [0.5, 0.6) is 0 Å². The van der Waals surface area contributed by atoms with Crippen LogP contribution in [0.1, 0.15) is 38.4 Å². The average molecular weight is 268 g/mol. The zero-order valence-corrected chi connectivity index (χ0v) is 11.7. The number of thiazole rings is 1. The summed E-state index contributed by atoms with van der Waals surface area (Å²) in [5.74, 6) is 0.721. The van der Waals surface area contributed by atoms with Crippen molar-refractivity contribution in [2.45, 2.75) is 32.7 Å². The lowest BCUT2D eigenvalue weighted by Crippen LogP contribution is -2.40. The van der Waals surface area contributed by atoms with Crippen molar-refractivity contribution in [2.24, 2.45) is 11.7 Å². The maximum absolute atomic E-state index is 12.0. The van der Waals surface area contributed by atoms with Crippen LogP contribution in [0.2, 0.25) is 0 Å². The van der Waals surface area contributed by atoms with Gasteiger partial charge in [0, 0.05) is 24.5 Å². The second-order valence-electron chi connectivity index (χ2n) is 4.97. The molecule has 1 aromatic rings. The van der Waals surface area contributed by atoms with E-state index in [-0.39, 0.29) is 12.1 Å². The third-order valence-corrected chi connectivity index (χ3v) is 4.05. The number of urea groups is 1. The molecular weight excluding hydrogens is 248 g/mol. The summed E-state index contributed by atoms with van der Waals surface area (Å²) in [6.45, 7) is 5.77. The van der Waals surface area contributed by atoms with Gasteiger partial charge in [-0.05, 0) is 25.7 Å². The molecule has 1 aromatic heterocycles. The molecule has 6 heteroatoms. The van der Waals surface area contributed by atoms with Crippen LogP contribution in [0.25, 0.3) is 0 Å². The first kappa shape index (κ1) is 13.3. The summed E-state index contributed by atoms with van der Waals surface area (Å²) in [4.78, 5) is 18.2. The van der Waals surface area contributed by atoms with Gasteiger partial charge in [-0.3, -0.25) is 5.32 Å². The summed E-state index contributed by atoms with van der Waals surface area (Å²) >= 11 is 1.42. The molecular formula is C12H20N4OS. The molecule has 1 saturated heterocycles. The topological polar surface area (TPSA) is 71.2 Å². The number of nitrogens with zero attached hydrogens (tertiary/aromatic N) is 2. The second-order valence-corrected chi connectivity index (χ2v) is 5.82. The minimum Gasteiger partial charge on any atom is -0.324 e. The van der Waals surface area contributed by atoms with Gasteiger partial charge in [0.15, 0.2) is 5.13 Å². The van der Waals surface area contributed by atoms with E-state index in [0.29, 0.717) is 5.13 Å². The van der Waals surface area contributed by atoms with Crippen LogP contribution < -0.4 is 11.1 Å². The van der Waals surface area contributed by atoms with Crippen molar-refractivity contribution in [1.29, 1.82) is 0 Å². The summed E-state index contributed by atoms with van der Waals surface area (Å²) in [6.07, 6.45) is 2.16. The highest BCUT2D eigenvalue weighted by atomic mass is 32.1. The Morgan fingerprint density at radius 1 is 1.61 bits per heavy atom. The van der Waals surface area contributed by atoms with Crippen molar-refractivity contribution in [3.05, 3.63) is 11.1 Å². The summed E-state index contributed by atoms with van der Waals surface area (Å²) in [5.41, 5.74) is 6.56. The fourth-order valence-corrected chi connectivity index (χ4v) is 2.74. The molecule has 18 heavy (non-hydrogen) atoms. The number of nitrogens with one attached hydrogen (secondary N) is 1. The van der Waals surface area contributed by atoms with E-state index in [2.05, 4.69) is 17.2 Å². The number of hydrogen-bond acceptors (Lipinski definition) is 4. The second kappa shape index (κ2) is 5.67. The molecule has 2 heterocycles. The Morgan fingerprint density at radius 2 is 2.28 bits per heavy atom. The third kappa shape index (κ3) is 3.20. The van der Waals surface area contributed by atoms with Gasteiger partial charge in [0.25, 0.3) is 0 Å². The molecule has 1 unspecified atom stereocenters. The van der Waals surface area contributed by atoms with E-state index in [4.69, 9.17) is 5.73 Å². The Morgan fingerprint density at radius 3 is 2.83 bits per heavy atom. The van der Waals surface area contributed by atoms with Gasteiger partial charge in [-0.25, -0.2) is 9.78 Å². The number of aromatic nitrogens is 1. The first-order valence-electron chi connectivity index (χ1n) is 6.33. The lowest BCUT2D eigenvalue weighted by molar-refractivity contribution is 0.186. The van der Waals surface area contributed by atoms with Crippen molar-refractivity contribution in [3.63, 3.8) is 0 Å². The molecule has 100 valence electrons. The average Bonchev–Trinajstić information content (AvgIpc) is 2.78. The molecule has 0 radical (unpaired) electrons. The Balaban J connectivity index is 1.90. The van der Waals surface area contributed by atoms with E-state index in [1.807, 2.05) is 17.2 Å². The first-order chi connectivity index (χ1) is 8.56. The van der Waals surface area contributed by atoms with Gasteiger partial charge in [0.1, 0.15) is 0 Å². The van der Waals surface area contributed by atoms with E-state index in [0.717, 1.165) is 37.5 Å². The summed E-state index contributed by atoms with van der Waals surface area (Å²) in [5, 5.41) is 5.36. The standard InChI is InChI=1S/C12H20N4OS/c1-8-3-5-16(6-4-8)12(17)15-11-14-10(7-18-11)9(2)13/h7-9H,3-6,13H2,1-2H3,(H,14,15,17). The molecule has 0 saturated carbocycles. The molecule has 2 rings (SSSR count). The molecule has 0 aliphatic carbocycles. The largest absolute Gasteiger partial charge is 0.324 e. The fraction of sp³-hybridized carbons (Fsp3) is 0.667. The molecule has 2 amide bonds. The Hall–Kier alpha value is -1.14. The quantitative estimate of drug-likeness (QED) is 0.865. The lowest BCUT2D eigenvalue weighted by atomic mass is 10.00. The molecule has 1 aliphatic rings. The summed E-state index contributed by atoms with van der Waals surface area (Å²) in [7, 11) is 0. The van der Waals surface area contributed by atoms with Crippen LogP contribution in [0.15, 0.2) is 5.38 Å². The molecule has 0 spiro atoms. The number of carbonyl (C=O) groups is 1. The van der Waals surface area contributed by atoms with Crippen molar-refractivity contribution >= 4 is 22.5 Å². The van der Waals surface area contributed by atoms with Crippen molar-refractivity contribution < 1.29 is 4.79 Å². The Labute approximate surface area is 111 Å². The molecule has 1 aliphatic heterocycles. The maximum Gasteiger partial charge on any atom is 0.323 e. The van der Waals surface area contributed by atoms with E-state index in [9.17, 15) is 4.79 Å². The van der Waals surface area contributed by atoms with Gasteiger partial charge < -0.3 is 10.6 Å². The molecule has 3 N–H and O–H groups in total. The van der Waals surface area contributed by atoms with Gasteiger partial charge in [-0.15, -0.1) is 11.3 Å². The highest BCUT2D eigenvalue weighted by Crippen LogP contribution is 2.21. The summed E-state index contributed by atoms with van der Waals surface area (Å²) in [6, 6.07) is -0.143. The zero-order chi connectivity index (χ0) is 13.1. The highest BCUT2D eigenvalue weighted by Gasteiger charge is 2.21.